The zero-order valence-electron chi connectivity index (χ0n) is 25.8. The van der Waals surface area contributed by atoms with Crippen LogP contribution in [0.4, 0.5) is 33.3 Å². The zero-order chi connectivity index (χ0) is 30.5. The molecule has 2 aromatic heterocycles. The van der Waals surface area contributed by atoms with Gasteiger partial charge in [-0.15, -0.1) is 5.10 Å². The average molecular weight is 610 g/mol. The minimum absolute atomic E-state index is 0.209. The predicted octanol–water partition coefficient (Wildman–Crippen LogP) is 5.56. The lowest BCUT2D eigenvalue weighted by Gasteiger charge is -2.42. The normalized spacial score (nSPS) is 18.9. The van der Waals surface area contributed by atoms with Gasteiger partial charge in [0.2, 0.25) is 11.9 Å². The Morgan fingerprint density at radius 1 is 0.889 bits per heavy atom. The number of nitrogens with two attached hydrogens (primary N) is 1. The molecule has 0 aliphatic carbocycles. The summed E-state index contributed by atoms with van der Waals surface area (Å²) in [6.45, 7) is 6.22. The zero-order valence-corrected chi connectivity index (χ0v) is 25.8. The van der Waals surface area contributed by atoms with Crippen LogP contribution in [0.15, 0.2) is 48.5 Å². The van der Waals surface area contributed by atoms with Gasteiger partial charge in [-0.25, -0.2) is 9.37 Å². The Bertz CT molecular complexity index is 1700. The van der Waals surface area contributed by atoms with Crippen LogP contribution >= 0.6 is 0 Å². The molecule has 0 amide bonds. The maximum atomic E-state index is 15.4. The molecule has 3 saturated heterocycles. The van der Waals surface area contributed by atoms with Crippen molar-refractivity contribution in [2.24, 2.45) is 0 Å². The number of nitrogens with zero attached hydrogens (tertiary/aromatic N) is 7. The number of hydrogen-bond donors (Lipinski definition) is 2. The van der Waals surface area contributed by atoms with Gasteiger partial charge in [0.05, 0.1) is 24.2 Å². The summed E-state index contributed by atoms with van der Waals surface area (Å²) in [7, 11) is 1.68. The largest absolute Gasteiger partial charge is 0.497 e. The second-order valence-electron chi connectivity index (χ2n) is 12.7. The van der Waals surface area contributed by atoms with Gasteiger partial charge in [-0.1, -0.05) is 12.1 Å². The van der Waals surface area contributed by atoms with E-state index < -0.39 is 0 Å². The quantitative estimate of drug-likeness (QED) is 0.279. The molecule has 2 aromatic carbocycles. The monoisotopic (exact) mass is 609 g/mol. The number of piperidine rings is 2. The molecule has 3 N–H and O–H groups in total. The number of hydrogen-bond acceptors (Lipinski definition) is 9. The molecule has 5 aliphatic heterocycles. The first kappa shape index (κ1) is 28.1. The van der Waals surface area contributed by atoms with Gasteiger partial charge in [0.1, 0.15) is 11.6 Å². The average Bonchev–Trinajstić information content (AvgIpc) is 3.75. The minimum atomic E-state index is -0.253. The maximum Gasteiger partial charge on any atom is 0.248 e. The number of ether oxygens (including phenoxy) is 1. The van der Waals surface area contributed by atoms with Crippen LogP contribution in [-0.2, 0) is 0 Å². The maximum absolute atomic E-state index is 15.4. The summed E-state index contributed by atoms with van der Waals surface area (Å²) >= 11 is 0. The van der Waals surface area contributed by atoms with Gasteiger partial charge in [-0.2, -0.15) is 9.67 Å². The van der Waals surface area contributed by atoms with Crippen molar-refractivity contribution in [1.29, 1.82) is 0 Å². The number of halogens is 1. The van der Waals surface area contributed by atoms with Crippen molar-refractivity contribution in [3.8, 4) is 22.7 Å². The lowest BCUT2D eigenvalue weighted by molar-refractivity contribution is 0.207. The summed E-state index contributed by atoms with van der Waals surface area (Å²) in [6, 6.07) is 16.0. The number of anilines is 5. The fourth-order valence-corrected chi connectivity index (χ4v) is 7.75. The van der Waals surface area contributed by atoms with E-state index in [0.717, 1.165) is 74.4 Å². The molecule has 2 bridgehead atoms. The number of rotatable bonds is 7. The molecule has 45 heavy (non-hydrogen) atoms. The van der Waals surface area contributed by atoms with Crippen molar-refractivity contribution in [2.75, 3.05) is 67.2 Å². The van der Waals surface area contributed by atoms with Crippen LogP contribution in [0.25, 0.3) is 16.9 Å². The Hall–Kier alpha value is -4.38. The summed E-state index contributed by atoms with van der Waals surface area (Å²) in [5.41, 5.74) is 12.0. The number of fused-ring (bicyclic) bond motifs is 2. The summed E-state index contributed by atoms with van der Waals surface area (Å²) in [5.74, 6) is 2.05. The molecule has 3 fully saturated rings. The third kappa shape index (κ3) is 5.22. The minimum Gasteiger partial charge on any atom is -0.497 e. The van der Waals surface area contributed by atoms with Crippen LogP contribution in [0.3, 0.4) is 0 Å². The Morgan fingerprint density at radius 2 is 1.67 bits per heavy atom. The molecular weight excluding hydrogens is 569 g/mol. The molecule has 10 nitrogen and oxygen atoms in total. The molecule has 0 spiro atoms. The topological polar surface area (TPSA) is 101 Å². The van der Waals surface area contributed by atoms with E-state index >= 15 is 4.39 Å². The Balaban J connectivity index is 1.05. The molecule has 11 heteroatoms. The second-order valence-corrected chi connectivity index (χ2v) is 12.7. The van der Waals surface area contributed by atoms with E-state index in [0.29, 0.717) is 35.1 Å². The SMILES string of the molecule is COc1cccc(-c2cc(-n3nc(Nc4ccc(N5CCC(N6CCCC6)CC5)c(F)c4)nc3N)nc3c2N2CCC3CC2)c1. The number of methoxy groups -OCH3 is 1. The van der Waals surface area contributed by atoms with Crippen LogP contribution in [0.2, 0.25) is 0 Å². The third-order valence-corrected chi connectivity index (χ3v) is 10.1. The first-order valence-corrected chi connectivity index (χ1v) is 16.3. The summed E-state index contributed by atoms with van der Waals surface area (Å²) in [6.07, 6.45) is 6.92. The van der Waals surface area contributed by atoms with E-state index in [1.54, 1.807) is 11.8 Å². The molecule has 9 rings (SSSR count). The van der Waals surface area contributed by atoms with Crippen molar-refractivity contribution < 1.29 is 9.13 Å². The molecule has 234 valence electrons. The van der Waals surface area contributed by atoms with Crippen molar-refractivity contribution in [2.45, 2.75) is 50.5 Å². The standard InChI is InChI=1S/C34H40FN9O/c1-45-26-6-4-5-23(19-26)27-21-30(38-31-22-9-15-43(16-10-22)32(27)31)44-33(36)39-34(40-44)37-24-7-8-29(28(35)20-24)42-17-11-25(12-18-42)41-13-2-3-14-41/h4-8,19-22,25H,2-3,9-18H2,1H3,(H3,36,37,39,40). The van der Waals surface area contributed by atoms with Crippen molar-refractivity contribution in [1.82, 2.24) is 24.6 Å². The number of nitrogen functional groups attached to an aromatic ring is 1. The fraction of sp³-hybridized carbons (Fsp3) is 0.441. The number of nitrogens with one attached hydrogen (secondary N) is 1. The molecule has 0 saturated carbocycles. The fourth-order valence-electron chi connectivity index (χ4n) is 7.75. The van der Waals surface area contributed by atoms with Gasteiger partial charge < -0.3 is 30.5 Å². The van der Waals surface area contributed by atoms with Gasteiger partial charge in [0, 0.05) is 49.4 Å². The van der Waals surface area contributed by atoms with E-state index in [-0.39, 0.29) is 11.8 Å². The molecule has 4 aromatic rings. The first-order chi connectivity index (χ1) is 22.0. The van der Waals surface area contributed by atoms with Crippen LogP contribution in [0.1, 0.15) is 50.1 Å². The highest BCUT2D eigenvalue weighted by Gasteiger charge is 2.35. The molecule has 0 radical (unpaired) electrons. The number of likely N-dealkylation sites (tertiary alicyclic amines) is 1. The first-order valence-electron chi connectivity index (χ1n) is 16.3. The van der Waals surface area contributed by atoms with Gasteiger partial charge in [-0.05, 0) is 93.6 Å². The van der Waals surface area contributed by atoms with Gasteiger partial charge in [-0.3, -0.25) is 0 Å². The Morgan fingerprint density at radius 3 is 2.42 bits per heavy atom. The van der Waals surface area contributed by atoms with Crippen LogP contribution in [0, 0.1) is 5.82 Å². The summed E-state index contributed by atoms with van der Waals surface area (Å²) in [5, 5.41) is 7.83. The molecule has 0 atom stereocenters. The number of benzene rings is 2. The molecule has 5 aliphatic rings. The third-order valence-electron chi connectivity index (χ3n) is 10.1. The Kier molecular flexibility index (Phi) is 7.20. The van der Waals surface area contributed by atoms with Crippen LogP contribution < -0.4 is 25.6 Å². The highest BCUT2D eigenvalue weighted by atomic mass is 19.1. The van der Waals surface area contributed by atoms with Gasteiger partial charge >= 0.3 is 0 Å². The molecule has 7 heterocycles. The lowest BCUT2D eigenvalue weighted by Crippen LogP contribution is -2.44. The molecular formula is C34H40FN9O. The number of aromatic nitrogens is 4. The van der Waals surface area contributed by atoms with Crippen molar-refractivity contribution in [3.05, 3.63) is 60.0 Å². The van der Waals surface area contributed by atoms with Crippen LogP contribution in [-0.4, -0.2) is 77.1 Å². The highest BCUT2D eigenvalue weighted by molar-refractivity contribution is 5.83. The number of pyridine rings is 1. The van der Waals surface area contributed by atoms with E-state index in [9.17, 15) is 0 Å². The van der Waals surface area contributed by atoms with Gasteiger partial charge in [0.25, 0.3) is 0 Å². The summed E-state index contributed by atoms with van der Waals surface area (Å²) < 4.78 is 22.5. The summed E-state index contributed by atoms with van der Waals surface area (Å²) in [4.78, 5) is 16.8. The Labute approximate surface area is 263 Å². The second kappa shape index (κ2) is 11.5. The van der Waals surface area contributed by atoms with Gasteiger partial charge in [0.15, 0.2) is 5.82 Å². The van der Waals surface area contributed by atoms with Crippen molar-refractivity contribution in [3.63, 3.8) is 0 Å². The van der Waals surface area contributed by atoms with Crippen LogP contribution in [0.5, 0.6) is 5.75 Å². The highest BCUT2D eigenvalue weighted by Crippen LogP contribution is 2.47. The smallest absolute Gasteiger partial charge is 0.248 e. The predicted molar refractivity (Wildman–Crippen MR) is 175 cm³/mol. The van der Waals surface area contributed by atoms with E-state index in [2.05, 4.69) is 42.2 Å². The molecule has 0 unspecified atom stereocenters. The van der Waals surface area contributed by atoms with E-state index in [4.69, 9.17) is 15.5 Å². The van der Waals surface area contributed by atoms with E-state index in [1.165, 1.54) is 37.7 Å². The van der Waals surface area contributed by atoms with Crippen molar-refractivity contribution >= 4 is 29.0 Å². The van der Waals surface area contributed by atoms with E-state index in [1.807, 2.05) is 30.3 Å². The lowest BCUT2D eigenvalue weighted by atomic mass is 9.84.